The van der Waals surface area contributed by atoms with Gasteiger partial charge in [0.15, 0.2) is 0 Å². The first-order chi connectivity index (χ1) is 7.18. The molecule has 0 amide bonds. The summed E-state index contributed by atoms with van der Waals surface area (Å²) < 4.78 is 1.67. The Balaban J connectivity index is 2.28. The van der Waals surface area contributed by atoms with Crippen LogP contribution >= 0.6 is 0 Å². The molecule has 1 aliphatic heterocycles. The number of carboxylic acids is 1. The first kappa shape index (κ1) is 10.2. The van der Waals surface area contributed by atoms with E-state index in [2.05, 4.69) is 10.4 Å². The van der Waals surface area contributed by atoms with Gasteiger partial charge in [0.2, 0.25) is 0 Å². The molecule has 0 aromatic carbocycles. The topological polar surface area (TPSA) is 67.2 Å². The molecule has 5 nitrogen and oxygen atoms in total. The molecule has 2 rings (SSSR count). The average molecular weight is 209 g/mol. The molecule has 82 valence electrons. The van der Waals surface area contributed by atoms with E-state index in [1.807, 2.05) is 6.92 Å². The molecular formula is C10H15N3O2. The predicted molar refractivity (Wildman–Crippen MR) is 55.1 cm³/mol. The molecule has 0 unspecified atom stereocenters. The summed E-state index contributed by atoms with van der Waals surface area (Å²) in [5.74, 6) is -0.894. The molecule has 2 heterocycles. The minimum absolute atomic E-state index is 0.228. The van der Waals surface area contributed by atoms with Crippen molar-refractivity contribution >= 4 is 5.97 Å². The van der Waals surface area contributed by atoms with Crippen LogP contribution in [0, 0.1) is 6.92 Å². The maximum absolute atomic E-state index is 11.0. The van der Waals surface area contributed by atoms with Crippen molar-refractivity contribution in [1.29, 1.82) is 0 Å². The standard InChI is InChI=1S/C10H15N3O2/c1-7-6-9(10(14)15)13(12-7)8-2-4-11-5-3-8/h6,8,11H,2-5H2,1H3,(H,14,15). The van der Waals surface area contributed by atoms with E-state index in [0.29, 0.717) is 5.69 Å². The first-order valence-electron chi connectivity index (χ1n) is 5.18. The van der Waals surface area contributed by atoms with Crippen LogP contribution in [-0.4, -0.2) is 33.9 Å². The molecule has 1 fully saturated rings. The largest absolute Gasteiger partial charge is 0.477 e. The van der Waals surface area contributed by atoms with Crippen molar-refractivity contribution < 1.29 is 9.90 Å². The summed E-state index contributed by atoms with van der Waals surface area (Å²) in [6.07, 6.45) is 1.89. The van der Waals surface area contributed by atoms with Gasteiger partial charge in [-0.15, -0.1) is 0 Å². The summed E-state index contributed by atoms with van der Waals surface area (Å²) in [5, 5.41) is 16.5. The van der Waals surface area contributed by atoms with Crippen molar-refractivity contribution in [3.8, 4) is 0 Å². The number of carbonyl (C=O) groups is 1. The van der Waals surface area contributed by atoms with Crippen LogP contribution in [0.2, 0.25) is 0 Å². The summed E-state index contributed by atoms with van der Waals surface area (Å²) >= 11 is 0. The Hall–Kier alpha value is -1.36. The molecular weight excluding hydrogens is 194 g/mol. The molecule has 1 aliphatic rings. The number of aromatic nitrogens is 2. The molecule has 1 saturated heterocycles. The fourth-order valence-corrected chi connectivity index (χ4v) is 2.01. The number of nitrogens with zero attached hydrogens (tertiary/aromatic N) is 2. The normalized spacial score (nSPS) is 17.9. The first-order valence-corrected chi connectivity index (χ1v) is 5.18. The number of hydrogen-bond acceptors (Lipinski definition) is 3. The number of nitrogens with one attached hydrogen (secondary N) is 1. The lowest BCUT2D eigenvalue weighted by Gasteiger charge is -2.23. The van der Waals surface area contributed by atoms with Gasteiger partial charge in [-0.25, -0.2) is 4.79 Å². The molecule has 0 spiro atoms. The number of hydrogen-bond donors (Lipinski definition) is 2. The number of aryl methyl sites for hydroxylation is 1. The van der Waals surface area contributed by atoms with Crippen LogP contribution in [-0.2, 0) is 0 Å². The van der Waals surface area contributed by atoms with Gasteiger partial charge in [-0.05, 0) is 38.9 Å². The molecule has 0 saturated carbocycles. The third kappa shape index (κ3) is 2.02. The Morgan fingerprint density at radius 3 is 2.87 bits per heavy atom. The van der Waals surface area contributed by atoms with Crippen LogP contribution in [0.15, 0.2) is 6.07 Å². The highest BCUT2D eigenvalue weighted by Gasteiger charge is 2.21. The zero-order chi connectivity index (χ0) is 10.8. The predicted octanol–water partition coefficient (Wildman–Crippen LogP) is 0.814. The monoisotopic (exact) mass is 209 g/mol. The molecule has 15 heavy (non-hydrogen) atoms. The van der Waals surface area contributed by atoms with Crippen molar-refractivity contribution in [2.75, 3.05) is 13.1 Å². The van der Waals surface area contributed by atoms with E-state index < -0.39 is 5.97 Å². The van der Waals surface area contributed by atoms with E-state index in [1.165, 1.54) is 0 Å². The molecule has 0 radical (unpaired) electrons. The molecule has 5 heteroatoms. The van der Waals surface area contributed by atoms with Crippen LogP contribution in [0.3, 0.4) is 0 Å². The zero-order valence-corrected chi connectivity index (χ0v) is 8.73. The Labute approximate surface area is 88.1 Å². The van der Waals surface area contributed by atoms with Gasteiger partial charge in [-0.3, -0.25) is 4.68 Å². The van der Waals surface area contributed by atoms with Gasteiger partial charge in [0.05, 0.1) is 11.7 Å². The Kier molecular flexibility index (Phi) is 2.73. The van der Waals surface area contributed by atoms with Gasteiger partial charge < -0.3 is 10.4 Å². The van der Waals surface area contributed by atoms with Crippen LogP contribution < -0.4 is 5.32 Å². The Bertz CT molecular complexity index is 367. The lowest BCUT2D eigenvalue weighted by molar-refractivity contribution is 0.0678. The van der Waals surface area contributed by atoms with Crippen molar-refractivity contribution in [2.24, 2.45) is 0 Å². The summed E-state index contributed by atoms with van der Waals surface area (Å²) in [4.78, 5) is 11.0. The maximum Gasteiger partial charge on any atom is 0.354 e. The van der Waals surface area contributed by atoms with Gasteiger partial charge in [-0.1, -0.05) is 0 Å². The summed E-state index contributed by atoms with van der Waals surface area (Å²) in [6.45, 7) is 3.69. The van der Waals surface area contributed by atoms with Crippen LogP contribution in [0.25, 0.3) is 0 Å². The molecule has 0 bridgehead atoms. The van der Waals surface area contributed by atoms with E-state index in [4.69, 9.17) is 5.11 Å². The number of piperidine rings is 1. The lowest BCUT2D eigenvalue weighted by Crippen LogP contribution is -2.31. The smallest absolute Gasteiger partial charge is 0.354 e. The fourth-order valence-electron chi connectivity index (χ4n) is 2.01. The SMILES string of the molecule is Cc1cc(C(=O)O)n(C2CCNCC2)n1. The second-order valence-corrected chi connectivity index (χ2v) is 3.90. The lowest BCUT2D eigenvalue weighted by atomic mass is 10.1. The fraction of sp³-hybridized carbons (Fsp3) is 0.600. The van der Waals surface area contributed by atoms with Crippen molar-refractivity contribution in [1.82, 2.24) is 15.1 Å². The maximum atomic E-state index is 11.0. The highest BCUT2D eigenvalue weighted by atomic mass is 16.4. The second-order valence-electron chi connectivity index (χ2n) is 3.90. The van der Waals surface area contributed by atoms with E-state index in [0.717, 1.165) is 31.6 Å². The van der Waals surface area contributed by atoms with Gasteiger partial charge in [0.1, 0.15) is 5.69 Å². The highest BCUT2D eigenvalue weighted by Crippen LogP contribution is 2.20. The zero-order valence-electron chi connectivity index (χ0n) is 8.73. The Morgan fingerprint density at radius 2 is 2.27 bits per heavy atom. The van der Waals surface area contributed by atoms with Gasteiger partial charge in [0.25, 0.3) is 0 Å². The van der Waals surface area contributed by atoms with Gasteiger partial charge >= 0.3 is 5.97 Å². The average Bonchev–Trinajstić information content (AvgIpc) is 2.62. The quantitative estimate of drug-likeness (QED) is 0.756. The number of rotatable bonds is 2. The Morgan fingerprint density at radius 1 is 1.60 bits per heavy atom. The summed E-state index contributed by atoms with van der Waals surface area (Å²) in [6, 6.07) is 1.86. The molecule has 0 aliphatic carbocycles. The van der Waals surface area contributed by atoms with Gasteiger partial charge in [-0.2, -0.15) is 5.10 Å². The molecule has 1 aromatic heterocycles. The number of carboxylic acid groups (broad SMARTS) is 1. The van der Waals surface area contributed by atoms with E-state index in [9.17, 15) is 4.79 Å². The van der Waals surface area contributed by atoms with Crippen LogP contribution in [0.1, 0.15) is 35.1 Å². The van der Waals surface area contributed by atoms with Crippen LogP contribution in [0.5, 0.6) is 0 Å². The summed E-state index contributed by atoms with van der Waals surface area (Å²) in [7, 11) is 0. The van der Waals surface area contributed by atoms with E-state index >= 15 is 0 Å². The molecule has 1 aromatic rings. The van der Waals surface area contributed by atoms with Crippen LogP contribution in [0.4, 0.5) is 0 Å². The van der Waals surface area contributed by atoms with Gasteiger partial charge in [0, 0.05) is 0 Å². The minimum atomic E-state index is -0.894. The minimum Gasteiger partial charge on any atom is -0.477 e. The third-order valence-corrected chi connectivity index (χ3v) is 2.73. The van der Waals surface area contributed by atoms with E-state index in [-0.39, 0.29) is 6.04 Å². The van der Waals surface area contributed by atoms with Crippen molar-refractivity contribution in [3.63, 3.8) is 0 Å². The second kappa shape index (κ2) is 4.02. The highest BCUT2D eigenvalue weighted by molar-refractivity contribution is 5.85. The van der Waals surface area contributed by atoms with E-state index in [1.54, 1.807) is 10.7 Å². The van der Waals surface area contributed by atoms with Crippen molar-refractivity contribution in [3.05, 3.63) is 17.5 Å². The molecule has 0 atom stereocenters. The number of aromatic carboxylic acids is 1. The van der Waals surface area contributed by atoms with Crippen molar-refractivity contribution in [2.45, 2.75) is 25.8 Å². The summed E-state index contributed by atoms with van der Waals surface area (Å²) in [5.41, 5.74) is 1.07. The molecule has 2 N–H and O–H groups in total. The third-order valence-electron chi connectivity index (χ3n) is 2.73.